The predicted octanol–water partition coefficient (Wildman–Crippen LogP) is 2.78. The Balaban J connectivity index is 1.68. The third-order valence-electron chi connectivity index (χ3n) is 4.83. The van der Waals surface area contributed by atoms with Gasteiger partial charge in [0.2, 0.25) is 18.0 Å². The fourth-order valence-corrected chi connectivity index (χ4v) is 3.45. The van der Waals surface area contributed by atoms with Gasteiger partial charge < -0.3 is 20.1 Å². The molecule has 2 amide bonds. The summed E-state index contributed by atoms with van der Waals surface area (Å²) in [7, 11) is 0. The molecule has 3 rings (SSSR count). The number of likely N-dealkylation sites (N-methyl/N-ethyl adjacent to an activating group) is 1. The second-order valence-electron chi connectivity index (χ2n) is 6.96. The van der Waals surface area contributed by atoms with E-state index in [1.165, 1.54) is 6.26 Å². The zero-order chi connectivity index (χ0) is 20.6. The van der Waals surface area contributed by atoms with E-state index in [2.05, 4.69) is 0 Å². The van der Waals surface area contributed by atoms with Gasteiger partial charge in [-0.2, -0.15) is 0 Å². The van der Waals surface area contributed by atoms with E-state index in [-0.39, 0.29) is 24.1 Å². The van der Waals surface area contributed by atoms with Crippen molar-refractivity contribution < 1.29 is 19.1 Å². The Morgan fingerprint density at radius 2 is 1.66 bits per heavy atom. The Labute approximate surface area is 170 Å². The SMILES string of the molecule is CCN(C(=O)C1=COC(Cc2ccccc2)O1)C(CC(N)=O)Cc1ccccc1. The lowest BCUT2D eigenvalue weighted by Gasteiger charge is -2.30. The molecule has 0 spiro atoms. The molecule has 2 atom stereocenters. The topological polar surface area (TPSA) is 81.9 Å². The van der Waals surface area contributed by atoms with Gasteiger partial charge in [-0.15, -0.1) is 0 Å². The van der Waals surface area contributed by atoms with Crippen LogP contribution in [0.5, 0.6) is 0 Å². The minimum absolute atomic E-state index is 0.0794. The van der Waals surface area contributed by atoms with Crippen LogP contribution in [0.4, 0.5) is 0 Å². The summed E-state index contributed by atoms with van der Waals surface area (Å²) >= 11 is 0. The number of ether oxygens (including phenoxy) is 2. The average Bonchev–Trinajstić information content (AvgIpc) is 3.18. The van der Waals surface area contributed by atoms with E-state index >= 15 is 0 Å². The smallest absolute Gasteiger partial charge is 0.292 e. The molecular formula is C23H26N2O4. The number of primary amides is 1. The van der Waals surface area contributed by atoms with Crippen molar-refractivity contribution in [1.82, 2.24) is 4.90 Å². The fraction of sp³-hybridized carbons (Fsp3) is 0.304. The molecule has 0 aliphatic carbocycles. The molecule has 6 nitrogen and oxygen atoms in total. The van der Waals surface area contributed by atoms with Gasteiger partial charge >= 0.3 is 0 Å². The number of hydrogen-bond acceptors (Lipinski definition) is 4. The van der Waals surface area contributed by atoms with E-state index in [1.807, 2.05) is 67.6 Å². The van der Waals surface area contributed by atoms with Crippen molar-refractivity contribution in [2.45, 2.75) is 38.5 Å². The third kappa shape index (κ3) is 5.60. The normalized spacial score (nSPS) is 16.3. The molecule has 2 unspecified atom stereocenters. The summed E-state index contributed by atoms with van der Waals surface area (Å²) in [6.45, 7) is 2.29. The summed E-state index contributed by atoms with van der Waals surface area (Å²) in [6, 6.07) is 19.2. The maximum atomic E-state index is 13.1. The van der Waals surface area contributed by atoms with Crippen LogP contribution in [0.15, 0.2) is 72.7 Å². The lowest BCUT2D eigenvalue weighted by molar-refractivity contribution is -0.136. The average molecular weight is 394 g/mol. The van der Waals surface area contributed by atoms with Crippen molar-refractivity contribution in [3.05, 3.63) is 83.8 Å². The Kier molecular flexibility index (Phi) is 6.89. The second-order valence-corrected chi connectivity index (χ2v) is 6.96. The van der Waals surface area contributed by atoms with Gasteiger partial charge in [0.25, 0.3) is 5.91 Å². The monoisotopic (exact) mass is 394 g/mol. The lowest BCUT2D eigenvalue weighted by Crippen LogP contribution is -2.44. The van der Waals surface area contributed by atoms with Crippen LogP contribution in [0, 0.1) is 0 Å². The van der Waals surface area contributed by atoms with Crippen molar-refractivity contribution >= 4 is 11.8 Å². The molecule has 0 bridgehead atoms. The van der Waals surface area contributed by atoms with Crippen LogP contribution in [0.3, 0.4) is 0 Å². The minimum atomic E-state index is -0.543. The molecule has 0 aromatic heterocycles. The molecule has 0 radical (unpaired) electrons. The number of rotatable bonds is 9. The van der Waals surface area contributed by atoms with Crippen LogP contribution < -0.4 is 5.73 Å². The predicted molar refractivity (Wildman–Crippen MR) is 109 cm³/mol. The van der Waals surface area contributed by atoms with Crippen LogP contribution in [-0.2, 0) is 31.9 Å². The van der Waals surface area contributed by atoms with Gasteiger partial charge in [-0.1, -0.05) is 60.7 Å². The van der Waals surface area contributed by atoms with Crippen molar-refractivity contribution in [2.75, 3.05) is 6.54 Å². The Bertz CT molecular complexity index is 852. The number of carbonyl (C=O) groups is 2. The van der Waals surface area contributed by atoms with E-state index in [9.17, 15) is 9.59 Å². The second kappa shape index (κ2) is 9.78. The van der Waals surface area contributed by atoms with Gasteiger partial charge in [0, 0.05) is 25.4 Å². The highest BCUT2D eigenvalue weighted by Crippen LogP contribution is 2.22. The first-order chi connectivity index (χ1) is 14.1. The molecule has 2 aromatic rings. The first-order valence-corrected chi connectivity index (χ1v) is 9.76. The number of amides is 2. The van der Waals surface area contributed by atoms with Gasteiger partial charge in [-0.3, -0.25) is 9.59 Å². The van der Waals surface area contributed by atoms with Gasteiger partial charge in [0.05, 0.1) is 0 Å². The number of nitrogens with zero attached hydrogens (tertiary/aromatic N) is 1. The number of benzene rings is 2. The fourth-order valence-electron chi connectivity index (χ4n) is 3.45. The summed E-state index contributed by atoms with van der Waals surface area (Å²) in [5, 5.41) is 0. The summed E-state index contributed by atoms with van der Waals surface area (Å²) in [6.07, 6.45) is 1.97. The van der Waals surface area contributed by atoms with Crippen LogP contribution in [0.25, 0.3) is 0 Å². The van der Waals surface area contributed by atoms with E-state index in [0.717, 1.165) is 11.1 Å². The zero-order valence-electron chi connectivity index (χ0n) is 16.5. The van der Waals surface area contributed by atoms with Crippen LogP contribution in [0.2, 0.25) is 0 Å². The first kappa shape index (κ1) is 20.5. The van der Waals surface area contributed by atoms with E-state index < -0.39 is 12.2 Å². The van der Waals surface area contributed by atoms with Gasteiger partial charge in [0.15, 0.2) is 0 Å². The van der Waals surface area contributed by atoms with Crippen molar-refractivity contribution in [3.8, 4) is 0 Å². The van der Waals surface area contributed by atoms with Gasteiger partial charge in [-0.05, 0) is 24.5 Å². The molecule has 1 heterocycles. The molecule has 0 saturated carbocycles. The maximum absolute atomic E-state index is 13.1. The molecule has 2 N–H and O–H groups in total. The summed E-state index contributed by atoms with van der Waals surface area (Å²) in [4.78, 5) is 26.3. The highest BCUT2D eigenvalue weighted by atomic mass is 16.7. The zero-order valence-corrected chi connectivity index (χ0v) is 16.5. The minimum Gasteiger partial charge on any atom is -0.458 e. The quantitative estimate of drug-likeness (QED) is 0.709. The largest absolute Gasteiger partial charge is 0.458 e. The molecule has 0 saturated heterocycles. The number of hydrogen-bond donors (Lipinski definition) is 1. The molecule has 1 aliphatic rings. The van der Waals surface area contributed by atoms with E-state index in [0.29, 0.717) is 19.4 Å². The number of carbonyl (C=O) groups excluding carboxylic acids is 2. The maximum Gasteiger partial charge on any atom is 0.292 e. The van der Waals surface area contributed by atoms with E-state index in [4.69, 9.17) is 15.2 Å². The summed E-state index contributed by atoms with van der Waals surface area (Å²) < 4.78 is 11.3. The highest BCUT2D eigenvalue weighted by molar-refractivity contribution is 5.92. The van der Waals surface area contributed by atoms with E-state index in [1.54, 1.807) is 4.90 Å². The Morgan fingerprint density at radius 3 is 2.24 bits per heavy atom. The number of nitrogens with two attached hydrogens (primary N) is 1. The lowest BCUT2D eigenvalue weighted by atomic mass is 10.0. The molecule has 6 heteroatoms. The molecule has 29 heavy (non-hydrogen) atoms. The van der Waals surface area contributed by atoms with Crippen LogP contribution in [-0.4, -0.2) is 35.6 Å². The van der Waals surface area contributed by atoms with Crippen LogP contribution in [0.1, 0.15) is 24.5 Å². The van der Waals surface area contributed by atoms with Gasteiger partial charge in [-0.25, -0.2) is 0 Å². The van der Waals surface area contributed by atoms with Gasteiger partial charge in [0.1, 0.15) is 6.26 Å². The molecule has 1 aliphatic heterocycles. The Hall–Kier alpha value is -3.28. The third-order valence-corrected chi connectivity index (χ3v) is 4.83. The van der Waals surface area contributed by atoms with Crippen molar-refractivity contribution in [1.29, 1.82) is 0 Å². The molecule has 2 aromatic carbocycles. The summed E-state index contributed by atoms with van der Waals surface area (Å²) in [5.74, 6) is -0.600. The Morgan fingerprint density at radius 1 is 1.03 bits per heavy atom. The first-order valence-electron chi connectivity index (χ1n) is 9.76. The van der Waals surface area contributed by atoms with Crippen molar-refractivity contribution in [2.24, 2.45) is 5.73 Å². The molecule has 152 valence electrons. The molecule has 0 fully saturated rings. The highest BCUT2D eigenvalue weighted by Gasteiger charge is 2.32. The molecular weight excluding hydrogens is 368 g/mol. The van der Waals surface area contributed by atoms with Crippen molar-refractivity contribution in [3.63, 3.8) is 0 Å². The standard InChI is InChI=1S/C23H26N2O4/c1-2-25(19(15-21(24)26)13-17-9-5-3-6-10-17)23(27)20-16-28-22(29-20)14-18-11-7-4-8-12-18/h3-12,16,19,22H,2,13-15H2,1H3,(H2,24,26). The summed E-state index contributed by atoms with van der Waals surface area (Å²) in [5.41, 5.74) is 7.54. The van der Waals surface area contributed by atoms with Crippen LogP contribution >= 0.6 is 0 Å².